The number of oxazole rings is 1. The van der Waals surface area contributed by atoms with Gasteiger partial charge in [0.1, 0.15) is 11.5 Å². The van der Waals surface area contributed by atoms with Gasteiger partial charge < -0.3 is 14.6 Å². The van der Waals surface area contributed by atoms with Gasteiger partial charge in [0.25, 0.3) is 0 Å². The van der Waals surface area contributed by atoms with E-state index in [1.165, 1.54) is 31.3 Å². The van der Waals surface area contributed by atoms with Crippen molar-refractivity contribution in [3.8, 4) is 0 Å². The summed E-state index contributed by atoms with van der Waals surface area (Å²) in [4.78, 5) is 18.3. The number of aryl methyl sites for hydroxylation is 1. The zero-order valence-electron chi connectivity index (χ0n) is 27.4. The van der Waals surface area contributed by atoms with E-state index in [9.17, 15) is 15.0 Å². The number of allylic oxidation sites excluding steroid dienone is 3. The summed E-state index contributed by atoms with van der Waals surface area (Å²) in [5.74, 6) is 4.02. The van der Waals surface area contributed by atoms with Gasteiger partial charge in [-0.05, 0) is 111 Å². The molecule has 0 spiro atoms. The van der Waals surface area contributed by atoms with E-state index in [4.69, 9.17) is 9.40 Å². The molecule has 7 atom stereocenters. The van der Waals surface area contributed by atoms with Crippen LogP contribution >= 0.6 is 0 Å². The highest BCUT2D eigenvalue weighted by atomic mass is 16.4. The number of hydrogen-bond donors (Lipinski definition) is 2. The van der Waals surface area contributed by atoms with E-state index in [1.807, 2.05) is 6.20 Å². The van der Waals surface area contributed by atoms with E-state index in [0.717, 1.165) is 80.6 Å². The van der Waals surface area contributed by atoms with Crippen LogP contribution in [0.2, 0.25) is 0 Å². The predicted molar refractivity (Wildman–Crippen MR) is 173 cm³/mol. The minimum Gasteiger partial charge on any atom is -0.445 e. The molecule has 1 heterocycles. The zero-order chi connectivity index (χ0) is 30.8. The molecule has 0 radical (unpaired) electrons. The topological polar surface area (TPSA) is 83.6 Å². The second-order valence-electron chi connectivity index (χ2n) is 14.9. The summed E-state index contributed by atoms with van der Waals surface area (Å²) in [6.45, 7) is 13.4. The Labute approximate surface area is 260 Å². The molecule has 0 bridgehead atoms. The minimum absolute atomic E-state index is 0.0142. The van der Waals surface area contributed by atoms with Crippen molar-refractivity contribution in [1.82, 2.24) is 4.98 Å². The molecule has 1 aromatic heterocycles. The Morgan fingerprint density at radius 1 is 1.16 bits per heavy atom. The summed E-state index contributed by atoms with van der Waals surface area (Å²) in [6, 6.07) is 0. The van der Waals surface area contributed by atoms with Crippen LogP contribution in [0.3, 0.4) is 0 Å². The number of hydrogen-bond acceptors (Lipinski definition) is 5. The van der Waals surface area contributed by atoms with E-state index in [-0.39, 0.29) is 16.7 Å². The number of rotatable bonds is 13. The van der Waals surface area contributed by atoms with E-state index in [1.54, 1.807) is 0 Å². The van der Waals surface area contributed by atoms with Crippen LogP contribution in [0.4, 0.5) is 0 Å². The van der Waals surface area contributed by atoms with Crippen molar-refractivity contribution in [2.45, 2.75) is 148 Å². The Bertz CT molecular complexity index is 1200. The maximum absolute atomic E-state index is 13.6. The monoisotopic (exact) mass is 591 g/mol. The SMILES string of the molecule is C=C1/C(=C\C=C2/CCC[C@]3(C)[C@@H]([C@H](C)CC[C@H](C(=O)CCC)C4(c5ncc(CCCC)o5)CC4)CC[C@@H]23)C[C@@H](O)C[C@@H]1O. The average molecular weight is 592 g/mol. The standard InChI is InChI=1S/C38H57NO4/c1-6-8-12-30-24-39-36(43-30)38(20-21-38)33(34(41)10-7-2)16-13-25(3)31-17-18-32-27(11-9-19-37(31,32)5)14-15-28-22-29(40)23-35(42)26(28)4/h14-15,24-25,29,31-33,35,40,42H,4,6-13,16-23H2,1-3,5H3/b27-14+,28-15-/t25-,29-,31-,32+,33-,35+,37-/m1/s1. The fourth-order valence-electron chi connectivity index (χ4n) is 9.33. The molecule has 0 unspecified atom stereocenters. The summed E-state index contributed by atoms with van der Waals surface area (Å²) < 4.78 is 6.31. The molecule has 0 saturated heterocycles. The lowest BCUT2D eigenvalue weighted by atomic mass is 9.60. The molecule has 43 heavy (non-hydrogen) atoms. The van der Waals surface area contributed by atoms with Crippen molar-refractivity contribution in [3.05, 3.63) is 53.3 Å². The summed E-state index contributed by atoms with van der Waals surface area (Å²) in [5, 5.41) is 20.5. The van der Waals surface area contributed by atoms with Gasteiger partial charge in [-0.2, -0.15) is 0 Å². The van der Waals surface area contributed by atoms with Gasteiger partial charge in [0.2, 0.25) is 5.89 Å². The fraction of sp³-hybridized carbons (Fsp3) is 0.737. The largest absolute Gasteiger partial charge is 0.445 e. The Hall–Kier alpha value is -1.98. The predicted octanol–water partition coefficient (Wildman–Crippen LogP) is 8.59. The molecule has 0 aromatic carbocycles. The van der Waals surface area contributed by atoms with Gasteiger partial charge in [-0.15, -0.1) is 0 Å². The molecule has 4 fully saturated rings. The fourth-order valence-corrected chi connectivity index (χ4v) is 9.33. The number of fused-ring (bicyclic) bond motifs is 1. The van der Waals surface area contributed by atoms with Gasteiger partial charge in [0, 0.05) is 25.2 Å². The van der Waals surface area contributed by atoms with Gasteiger partial charge >= 0.3 is 0 Å². The molecular formula is C38H57NO4. The number of aliphatic hydroxyl groups excluding tert-OH is 2. The van der Waals surface area contributed by atoms with Gasteiger partial charge in [-0.1, -0.05) is 58.4 Å². The highest BCUT2D eigenvalue weighted by Crippen LogP contribution is 2.61. The second-order valence-corrected chi connectivity index (χ2v) is 14.9. The van der Waals surface area contributed by atoms with Crippen LogP contribution < -0.4 is 0 Å². The third-order valence-corrected chi connectivity index (χ3v) is 12.0. The third-order valence-electron chi connectivity index (χ3n) is 12.0. The van der Waals surface area contributed by atoms with Crippen LogP contribution in [0.15, 0.2) is 46.1 Å². The number of aromatic nitrogens is 1. The Balaban J connectivity index is 1.28. The molecule has 5 nitrogen and oxygen atoms in total. The van der Waals surface area contributed by atoms with E-state index in [0.29, 0.717) is 42.8 Å². The molecular weight excluding hydrogens is 534 g/mol. The zero-order valence-corrected chi connectivity index (χ0v) is 27.4. The molecule has 2 N–H and O–H groups in total. The van der Waals surface area contributed by atoms with Crippen LogP contribution in [-0.4, -0.2) is 33.2 Å². The summed E-state index contributed by atoms with van der Waals surface area (Å²) in [5.41, 5.74) is 3.39. The molecule has 0 amide bonds. The van der Waals surface area contributed by atoms with Crippen molar-refractivity contribution in [1.29, 1.82) is 0 Å². The smallest absolute Gasteiger partial charge is 0.201 e. The molecule has 5 heteroatoms. The maximum atomic E-state index is 13.6. The number of Topliss-reactive ketones (excluding diaryl/α,β-unsaturated/α-hetero) is 1. The number of unbranched alkanes of at least 4 members (excludes halogenated alkanes) is 1. The second kappa shape index (κ2) is 13.6. The van der Waals surface area contributed by atoms with Crippen LogP contribution in [0.5, 0.6) is 0 Å². The summed E-state index contributed by atoms with van der Waals surface area (Å²) in [7, 11) is 0. The van der Waals surface area contributed by atoms with Crippen LogP contribution in [0, 0.1) is 29.1 Å². The first-order valence-corrected chi connectivity index (χ1v) is 17.6. The number of carbonyl (C=O) groups is 1. The lowest BCUT2D eigenvalue weighted by molar-refractivity contribution is -0.124. The van der Waals surface area contributed by atoms with E-state index >= 15 is 0 Å². The Morgan fingerprint density at radius 2 is 1.95 bits per heavy atom. The highest BCUT2D eigenvalue weighted by Gasteiger charge is 2.57. The molecule has 1 aromatic rings. The van der Waals surface area contributed by atoms with E-state index < -0.39 is 12.2 Å². The van der Waals surface area contributed by atoms with Gasteiger partial charge in [-0.3, -0.25) is 4.79 Å². The van der Waals surface area contributed by atoms with Crippen molar-refractivity contribution >= 4 is 5.78 Å². The molecule has 5 rings (SSSR count). The Morgan fingerprint density at radius 3 is 2.67 bits per heavy atom. The van der Waals surface area contributed by atoms with Crippen molar-refractivity contribution in [2.24, 2.45) is 29.1 Å². The quantitative estimate of drug-likeness (QED) is 0.240. The maximum Gasteiger partial charge on any atom is 0.201 e. The molecule has 0 aliphatic heterocycles. The molecule has 238 valence electrons. The third kappa shape index (κ3) is 6.69. The first kappa shape index (κ1) is 32.4. The molecule has 4 aliphatic carbocycles. The van der Waals surface area contributed by atoms with Gasteiger partial charge in [0.15, 0.2) is 0 Å². The first-order chi connectivity index (χ1) is 20.6. The first-order valence-electron chi connectivity index (χ1n) is 17.6. The van der Waals surface area contributed by atoms with Crippen LogP contribution in [-0.2, 0) is 16.6 Å². The number of aliphatic hydroxyl groups is 2. The molecule has 4 aliphatic rings. The van der Waals surface area contributed by atoms with Crippen LogP contribution in [0.1, 0.15) is 136 Å². The normalized spacial score (nSPS) is 33.5. The number of nitrogens with zero attached hydrogens (tertiary/aromatic N) is 1. The van der Waals surface area contributed by atoms with E-state index in [2.05, 4.69) is 46.4 Å². The number of ketones is 1. The van der Waals surface area contributed by atoms with Crippen molar-refractivity contribution in [2.75, 3.05) is 0 Å². The molecule has 4 saturated carbocycles. The summed E-state index contributed by atoms with van der Waals surface area (Å²) in [6.07, 6.45) is 21.0. The van der Waals surface area contributed by atoms with Gasteiger partial charge in [0.05, 0.1) is 23.8 Å². The Kier molecular flexibility index (Phi) is 10.2. The lowest BCUT2D eigenvalue weighted by Gasteiger charge is -2.44. The average Bonchev–Trinajstić information content (AvgIpc) is 3.47. The van der Waals surface area contributed by atoms with Crippen molar-refractivity contribution < 1.29 is 19.4 Å². The van der Waals surface area contributed by atoms with Gasteiger partial charge in [-0.25, -0.2) is 4.98 Å². The number of carbonyl (C=O) groups excluding carboxylic acids is 1. The summed E-state index contributed by atoms with van der Waals surface area (Å²) >= 11 is 0. The highest BCUT2D eigenvalue weighted by molar-refractivity contribution is 5.83. The minimum atomic E-state index is -0.642. The van der Waals surface area contributed by atoms with Crippen LogP contribution in [0.25, 0.3) is 0 Å². The van der Waals surface area contributed by atoms with Crippen molar-refractivity contribution in [3.63, 3.8) is 0 Å². The lowest BCUT2D eigenvalue weighted by Crippen LogP contribution is -2.36.